The van der Waals surface area contributed by atoms with Crippen LogP contribution in [0.15, 0.2) is 14.3 Å². The summed E-state index contributed by atoms with van der Waals surface area (Å²) in [6.45, 7) is 6.80. The maximum absolute atomic E-state index is 3.55. The Kier molecular flexibility index (Phi) is 4.24. The van der Waals surface area contributed by atoms with E-state index < -0.39 is 0 Å². The molecule has 0 amide bonds. The van der Waals surface area contributed by atoms with E-state index in [2.05, 4.69) is 55.1 Å². The highest BCUT2D eigenvalue weighted by Crippen LogP contribution is 2.37. The number of rotatable bonds is 2. The Labute approximate surface area is 111 Å². The summed E-state index contributed by atoms with van der Waals surface area (Å²) in [5.74, 6) is 0. The average Bonchev–Trinajstić information content (AvgIpc) is 2.59. The monoisotopic (exact) mass is 352 g/mol. The minimum absolute atomic E-state index is 0.528. The quantitative estimate of drug-likeness (QED) is 0.877. The van der Waals surface area contributed by atoms with E-state index in [-0.39, 0.29) is 0 Å². The van der Waals surface area contributed by atoms with Gasteiger partial charge in [-0.05, 0) is 44.8 Å². The molecule has 1 atom stereocenters. The summed E-state index contributed by atoms with van der Waals surface area (Å²) in [6.07, 6.45) is 0. The van der Waals surface area contributed by atoms with Crippen molar-refractivity contribution in [1.82, 2.24) is 10.2 Å². The van der Waals surface area contributed by atoms with Crippen molar-refractivity contribution in [3.8, 4) is 0 Å². The fourth-order valence-corrected chi connectivity index (χ4v) is 3.99. The van der Waals surface area contributed by atoms with E-state index in [4.69, 9.17) is 0 Å². The fraction of sp³-hybridized carbons (Fsp3) is 0.600. The summed E-state index contributed by atoms with van der Waals surface area (Å²) < 4.78 is 2.36. The minimum Gasteiger partial charge on any atom is -0.314 e. The molecule has 1 N–H and O–H groups in total. The number of hydrogen-bond donors (Lipinski definition) is 1. The average molecular weight is 354 g/mol. The first-order valence-electron chi connectivity index (χ1n) is 5.08. The van der Waals surface area contributed by atoms with E-state index in [1.165, 1.54) is 13.1 Å². The Morgan fingerprint density at radius 1 is 1.40 bits per heavy atom. The van der Waals surface area contributed by atoms with Gasteiger partial charge in [-0.1, -0.05) is 0 Å². The van der Waals surface area contributed by atoms with E-state index in [9.17, 15) is 0 Å². The maximum Gasteiger partial charge on any atom is 0.0843 e. The van der Waals surface area contributed by atoms with Crippen molar-refractivity contribution in [2.24, 2.45) is 0 Å². The molecule has 15 heavy (non-hydrogen) atoms. The SMILES string of the molecule is C[C@@H](c1cc(Br)c(Br)s1)N1CCNCC1. The molecule has 0 aliphatic carbocycles. The summed E-state index contributed by atoms with van der Waals surface area (Å²) in [7, 11) is 0. The van der Waals surface area contributed by atoms with E-state index in [1.54, 1.807) is 0 Å². The number of nitrogens with zero attached hydrogens (tertiary/aromatic N) is 1. The van der Waals surface area contributed by atoms with Gasteiger partial charge in [0.1, 0.15) is 0 Å². The van der Waals surface area contributed by atoms with Crippen LogP contribution in [0.4, 0.5) is 0 Å². The largest absolute Gasteiger partial charge is 0.314 e. The molecule has 0 unspecified atom stereocenters. The van der Waals surface area contributed by atoms with E-state index in [0.717, 1.165) is 26.2 Å². The Bertz CT molecular complexity index is 315. The van der Waals surface area contributed by atoms with E-state index in [0.29, 0.717) is 6.04 Å². The zero-order valence-electron chi connectivity index (χ0n) is 8.59. The molecule has 1 aliphatic heterocycles. The lowest BCUT2D eigenvalue weighted by molar-refractivity contribution is 0.188. The number of halogens is 2. The second-order valence-corrected chi connectivity index (χ2v) is 6.99. The molecule has 1 aromatic heterocycles. The van der Waals surface area contributed by atoms with Crippen LogP contribution in [0, 0.1) is 0 Å². The molecule has 2 nitrogen and oxygen atoms in total. The summed E-state index contributed by atoms with van der Waals surface area (Å²) in [5.41, 5.74) is 0. The molecule has 2 heterocycles. The third kappa shape index (κ3) is 2.82. The van der Waals surface area contributed by atoms with Crippen molar-refractivity contribution in [3.63, 3.8) is 0 Å². The van der Waals surface area contributed by atoms with Crippen LogP contribution in [-0.4, -0.2) is 31.1 Å². The molecule has 0 radical (unpaired) electrons. The number of piperazine rings is 1. The van der Waals surface area contributed by atoms with Gasteiger partial charge in [-0.2, -0.15) is 0 Å². The van der Waals surface area contributed by atoms with Crippen LogP contribution in [0.25, 0.3) is 0 Å². The summed E-state index contributed by atoms with van der Waals surface area (Å²) >= 11 is 8.91. The topological polar surface area (TPSA) is 15.3 Å². The molecule has 0 bridgehead atoms. The van der Waals surface area contributed by atoms with Crippen molar-refractivity contribution in [2.75, 3.05) is 26.2 Å². The predicted octanol–water partition coefficient (Wildman–Crippen LogP) is 3.24. The van der Waals surface area contributed by atoms with Gasteiger partial charge in [0, 0.05) is 41.6 Å². The molecule has 84 valence electrons. The van der Waals surface area contributed by atoms with E-state index >= 15 is 0 Å². The molecular formula is C10H14Br2N2S. The van der Waals surface area contributed by atoms with Gasteiger partial charge in [-0.15, -0.1) is 11.3 Å². The molecule has 1 aliphatic rings. The highest BCUT2D eigenvalue weighted by molar-refractivity contribution is 9.13. The molecular weight excluding hydrogens is 340 g/mol. The fourth-order valence-electron chi connectivity index (χ4n) is 1.82. The van der Waals surface area contributed by atoms with Crippen LogP contribution in [0.1, 0.15) is 17.8 Å². The standard InChI is InChI=1S/C10H14Br2N2S/c1-7(14-4-2-13-3-5-14)9-6-8(11)10(12)15-9/h6-7,13H,2-5H2,1H3/t7-/m0/s1. The van der Waals surface area contributed by atoms with Crippen LogP contribution >= 0.6 is 43.2 Å². The van der Waals surface area contributed by atoms with Crippen LogP contribution in [0.2, 0.25) is 0 Å². The van der Waals surface area contributed by atoms with Gasteiger partial charge in [0.15, 0.2) is 0 Å². The number of hydrogen-bond acceptors (Lipinski definition) is 3. The zero-order chi connectivity index (χ0) is 10.8. The van der Waals surface area contributed by atoms with Crippen molar-refractivity contribution in [3.05, 3.63) is 19.2 Å². The summed E-state index contributed by atoms with van der Waals surface area (Å²) in [6, 6.07) is 2.75. The smallest absolute Gasteiger partial charge is 0.0843 e. The molecule has 1 saturated heterocycles. The molecule has 0 spiro atoms. The van der Waals surface area contributed by atoms with Gasteiger partial charge in [0.25, 0.3) is 0 Å². The maximum atomic E-state index is 3.55. The third-order valence-electron chi connectivity index (χ3n) is 2.78. The predicted molar refractivity (Wildman–Crippen MR) is 72.6 cm³/mol. The third-order valence-corrected chi connectivity index (χ3v) is 6.20. The summed E-state index contributed by atoms with van der Waals surface area (Å²) in [4.78, 5) is 3.96. The van der Waals surface area contributed by atoms with Gasteiger partial charge < -0.3 is 5.32 Å². The van der Waals surface area contributed by atoms with Crippen LogP contribution in [-0.2, 0) is 0 Å². The Morgan fingerprint density at radius 3 is 2.60 bits per heavy atom. The van der Waals surface area contributed by atoms with Crippen LogP contribution in [0.5, 0.6) is 0 Å². The Balaban J connectivity index is 2.08. The Hall–Kier alpha value is 0.580. The first kappa shape index (κ1) is 12.0. The molecule has 0 saturated carbocycles. The minimum atomic E-state index is 0.528. The van der Waals surface area contributed by atoms with E-state index in [1.807, 2.05) is 11.3 Å². The van der Waals surface area contributed by atoms with Crippen molar-refractivity contribution in [1.29, 1.82) is 0 Å². The molecule has 2 rings (SSSR count). The van der Waals surface area contributed by atoms with Gasteiger partial charge in [0.05, 0.1) is 3.79 Å². The first-order valence-corrected chi connectivity index (χ1v) is 7.48. The van der Waals surface area contributed by atoms with Crippen molar-refractivity contribution in [2.45, 2.75) is 13.0 Å². The van der Waals surface area contributed by atoms with Gasteiger partial charge in [-0.25, -0.2) is 0 Å². The lowest BCUT2D eigenvalue weighted by atomic mass is 10.2. The normalized spacial score (nSPS) is 20.5. The second-order valence-electron chi connectivity index (χ2n) is 3.73. The molecule has 0 aromatic carbocycles. The summed E-state index contributed by atoms with van der Waals surface area (Å²) in [5, 5.41) is 3.38. The second kappa shape index (κ2) is 5.27. The van der Waals surface area contributed by atoms with Gasteiger partial charge in [-0.3, -0.25) is 4.90 Å². The van der Waals surface area contributed by atoms with Crippen molar-refractivity contribution < 1.29 is 0 Å². The lowest BCUT2D eigenvalue weighted by Gasteiger charge is -2.32. The zero-order valence-corrected chi connectivity index (χ0v) is 12.6. The van der Waals surface area contributed by atoms with Gasteiger partial charge in [0.2, 0.25) is 0 Å². The number of thiophene rings is 1. The highest BCUT2D eigenvalue weighted by Gasteiger charge is 2.20. The van der Waals surface area contributed by atoms with Crippen LogP contribution in [0.3, 0.4) is 0 Å². The number of nitrogens with one attached hydrogen (secondary N) is 1. The lowest BCUT2D eigenvalue weighted by Crippen LogP contribution is -2.44. The molecule has 1 fully saturated rings. The van der Waals surface area contributed by atoms with Crippen LogP contribution < -0.4 is 5.32 Å². The highest BCUT2D eigenvalue weighted by atomic mass is 79.9. The molecule has 5 heteroatoms. The Morgan fingerprint density at radius 2 is 2.07 bits per heavy atom. The molecule has 1 aromatic rings. The van der Waals surface area contributed by atoms with Crippen molar-refractivity contribution >= 4 is 43.2 Å². The first-order chi connectivity index (χ1) is 7.18. The van der Waals surface area contributed by atoms with Gasteiger partial charge >= 0.3 is 0 Å².